The van der Waals surface area contributed by atoms with Crippen LogP contribution in [0, 0.1) is 5.82 Å². The van der Waals surface area contributed by atoms with Crippen molar-refractivity contribution in [3.8, 4) is 0 Å². The van der Waals surface area contributed by atoms with Crippen LogP contribution in [0.3, 0.4) is 0 Å². The van der Waals surface area contributed by atoms with Gasteiger partial charge in [-0.3, -0.25) is 0 Å². The number of hydrogen-bond donors (Lipinski definition) is 2. The summed E-state index contributed by atoms with van der Waals surface area (Å²) in [5, 5.41) is 5.66. The molecule has 0 saturated carbocycles. The number of carbonyl (C=O) groups is 1. The third-order valence-corrected chi connectivity index (χ3v) is 3.86. The Morgan fingerprint density at radius 2 is 2.13 bits per heavy atom. The van der Waals surface area contributed by atoms with Gasteiger partial charge in [-0.15, -0.1) is 0 Å². The van der Waals surface area contributed by atoms with E-state index in [0.29, 0.717) is 18.9 Å². The molecule has 0 spiro atoms. The van der Waals surface area contributed by atoms with Crippen molar-refractivity contribution >= 4 is 6.03 Å². The lowest BCUT2D eigenvalue weighted by atomic mass is 9.99. The molecular formula is C17H19FN2O3. The van der Waals surface area contributed by atoms with Gasteiger partial charge in [-0.05, 0) is 42.7 Å². The number of ether oxygens (including phenoxy) is 1. The van der Waals surface area contributed by atoms with Crippen LogP contribution in [-0.2, 0) is 11.3 Å². The van der Waals surface area contributed by atoms with Crippen molar-refractivity contribution in [3.05, 3.63) is 59.8 Å². The Balaban J connectivity index is 1.65. The number of rotatable bonds is 5. The van der Waals surface area contributed by atoms with Crippen LogP contribution < -0.4 is 10.6 Å². The lowest BCUT2D eigenvalue weighted by Crippen LogP contribution is -2.41. The maximum absolute atomic E-state index is 13.1. The fourth-order valence-electron chi connectivity index (χ4n) is 2.70. The lowest BCUT2D eigenvalue weighted by molar-refractivity contribution is 0.0807. The average Bonchev–Trinajstić information content (AvgIpc) is 3.25. The van der Waals surface area contributed by atoms with Gasteiger partial charge in [-0.1, -0.05) is 12.1 Å². The maximum Gasteiger partial charge on any atom is 0.315 e. The summed E-state index contributed by atoms with van der Waals surface area (Å²) in [6.45, 7) is 0.985. The molecule has 0 bridgehead atoms. The van der Waals surface area contributed by atoms with Gasteiger partial charge >= 0.3 is 6.03 Å². The van der Waals surface area contributed by atoms with Crippen molar-refractivity contribution in [1.29, 1.82) is 0 Å². The highest BCUT2D eigenvalue weighted by Gasteiger charge is 2.28. The van der Waals surface area contributed by atoms with Gasteiger partial charge < -0.3 is 19.8 Å². The first-order valence-corrected chi connectivity index (χ1v) is 7.66. The molecule has 1 aliphatic heterocycles. The Bertz CT molecular complexity index is 622. The van der Waals surface area contributed by atoms with Gasteiger partial charge in [0, 0.05) is 6.61 Å². The van der Waals surface area contributed by atoms with E-state index in [4.69, 9.17) is 9.15 Å². The summed E-state index contributed by atoms with van der Waals surface area (Å²) >= 11 is 0. The van der Waals surface area contributed by atoms with Crippen LogP contribution in [0.25, 0.3) is 0 Å². The molecule has 2 N–H and O–H groups in total. The molecule has 122 valence electrons. The van der Waals surface area contributed by atoms with Crippen LogP contribution in [0.1, 0.15) is 30.2 Å². The Morgan fingerprint density at radius 1 is 1.30 bits per heavy atom. The van der Waals surface area contributed by atoms with Crippen LogP contribution in [-0.4, -0.2) is 18.7 Å². The molecule has 1 fully saturated rings. The topological polar surface area (TPSA) is 63.5 Å². The highest BCUT2D eigenvalue weighted by atomic mass is 19.1. The molecule has 0 aliphatic carbocycles. The highest BCUT2D eigenvalue weighted by molar-refractivity contribution is 5.74. The van der Waals surface area contributed by atoms with E-state index < -0.39 is 0 Å². The van der Waals surface area contributed by atoms with Gasteiger partial charge in [0.1, 0.15) is 11.6 Å². The first-order chi connectivity index (χ1) is 11.2. The monoisotopic (exact) mass is 318 g/mol. The van der Waals surface area contributed by atoms with Gasteiger partial charge in [0.05, 0.1) is 25.0 Å². The number of benzene rings is 1. The third-order valence-electron chi connectivity index (χ3n) is 3.86. The Labute approximate surface area is 133 Å². The zero-order valence-electron chi connectivity index (χ0n) is 12.6. The summed E-state index contributed by atoms with van der Waals surface area (Å²) < 4.78 is 24.0. The second-order valence-electron chi connectivity index (χ2n) is 5.49. The summed E-state index contributed by atoms with van der Waals surface area (Å²) in [4.78, 5) is 12.2. The number of carbonyl (C=O) groups excluding carboxylic acids is 1. The van der Waals surface area contributed by atoms with Crippen molar-refractivity contribution < 1.29 is 18.3 Å². The molecule has 2 aromatic rings. The molecule has 3 rings (SSSR count). The van der Waals surface area contributed by atoms with E-state index >= 15 is 0 Å². The molecule has 5 nitrogen and oxygen atoms in total. The zero-order valence-corrected chi connectivity index (χ0v) is 12.6. The van der Waals surface area contributed by atoms with Gasteiger partial charge in [-0.2, -0.15) is 0 Å². The van der Waals surface area contributed by atoms with E-state index in [0.717, 1.165) is 18.4 Å². The molecule has 1 aromatic carbocycles. The quantitative estimate of drug-likeness (QED) is 0.890. The molecule has 0 radical (unpaired) electrons. The lowest BCUT2D eigenvalue weighted by Gasteiger charge is -2.24. The molecule has 1 aliphatic rings. The molecule has 6 heteroatoms. The van der Waals surface area contributed by atoms with Gasteiger partial charge in [0.25, 0.3) is 0 Å². The zero-order chi connectivity index (χ0) is 16.1. The Kier molecular flexibility index (Phi) is 4.92. The summed E-state index contributed by atoms with van der Waals surface area (Å²) in [6, 6.07) is 9.06. The number of nitrogens with one attached hydrogen (secondary N) is 2. The van der Waals surface area contributed by atoms with Gasteiger partial charge in [0.15, 0.2) is 0 Å². The molecule has 2 heterocycles. The first kappa shape index (κ1) is 15.6. The first-order valence-electron chi connectivity index (χ1n) is 7.66. The van der Waals surface area contributed by atoms with Crippen LogP contribution in [0.5, 0.6) is 0 Å². The smallest absolute Gasteiger partial charge is 0.315 e. The summed E-state index contributed by atoms with van der Waals surface area (Å²) in [6.07, 6.45) is 3.27. The predicted molar refractivity (Wildman–Crippen MR) is 82.2 cm³/mol. The molecular weight excluding hydrogens is 299 g/mol. The molecule has 2 amide bonds. The van der Waals surface area contributed by atoms with Crippen LogP contribution in [0.2, 0.25) is 0 Å². The van der Waals surface area contributed by atoms with Crippen molar-refractivity contribution in [2.24, 2.45) is 0 Å². The second kappa shape index (κ2) is 7.28. The predicted octanol–water partition coefficient (Wildman–Crippen LogP) is 3.14. The molecule has 23 heavy (non-hydrogen) atoms. The van der Waals surface area contributed by atoms with Crippen molar-refractivity contribution in [1.82, 2.24) is 10.6 Å². The SMILES string of the molecule is O=C(NCc1ccco1)N[C@@H](c1ccc(F)cc1)[C@H]1CCCO1. The van der Waals surface area contributed by atoms with Crippen LogP contribution in [0.4, 0.5) is 9.18 Å². The summed E-state index contributed by atoms with van der Waals surface area (Å²) in [5.41, 5.74) is 0.825. The fraction of sp³-hybridized carbons (Fsp3) is 0.353. The number of urea groups is 1. The molecule has 2 atom stereocenters. The van der Waals surface area contributed by atoms with E-state index in [-0.39, 0.29) is 24.0 Å². The van der Waals surface area contributed by atoms with Crippen molar-refractivity contribution in [3.63, 3.8) is 0 Å². The minimum atomic E-state index is -0.314. The van der Waals surface area contributed by atoms with Crippen molar-refractivity contribution in [2.45, 2.75) is 31.5 Å². The van der Waals surface area contributed by atoms with Crippen LogP contribution >= 0.6 is 0 Å². The minimum Gasteiger partial charge on any atom is -0.467 e. The van der Waals surface area contributed by atoms with E-state index in [1.54, 1.807) is 30.5 Å². The Morgan fingerprint density at radius 3 is 2.78 bits per heavy atom. The number of furan rings is 1. The average molecular weight is 318 g/mol. The second-order valence-corrected chi connectivity index (χ2v) is 5.49. The van der Waals surface area contributed by atoms with E-state index in [9.17, 15) is 9.18 Å². The number of halogens is 1. The van der Waals surface area contributed by atoms with Gasteiger partial charge in [0.2, 0.25) is 0 Å². The van der Waals surface area contributed by atoms with Crippen LogP contribution in [0.15, 0.2) is 47.1 Å². The van der Waals surface area contributed by atoms with Crippen molar-refractivity contribution in [2.75, 3.05) is 6.61 Å². The summed E-state index contributed by atoms with van der Waals surface area (Å²) in [5.74, 6) is 0.373. The number of amides is 2. The van der Waals surface area contributed by atoms with E-state index in [2.05, 4.69) is 10.6 Å². The molecule has 0 unspecified atom stereocenters. The largest absolute Gasteiger partial charge is 0.467 e. The fourth-order valence-corrected chi connectivity index (χ4v) is 2.70. The van der Waals surface area contributed by atoms with E-state index in [1.165, 1.54) is 12.1 Å². The number of hydrogen-bond acceptors (Lipinski definition) is 3. The minimum absolute atomic E-state index is 0.102. The molecule has 1 saturated heterocycles. The maximum atomic E-state index is 13.1. The molecule has 1 aromatic heterocycles. The van der Waals surface area contributed by atoms with E-state index in [1.807, 2.05) is 0 Å². The Hall–Kier alpha value is -2.34. The third kappa shape index (κ3) is 4.10. The standard InChI is InChI=1S/C17H19FN2O3/c18-13-7-5-12(6-8-13)16(15-4-2-10-23-15)20-17(21)19-11-14-3-1-9-22-14/h1,3,5-9,15-16H,2,4,10-11H2,(H2,19,20,21)/t15-,16+/m1/s1. The highest BCUT2D eigenvalue weighted by Crippen LogP contribution is 2.27. The van der Waals surface area contributed by atoms with Gasteiger partial charge in [-0.25, -0.2) is 9.18 Å². The summed E-state index contributed by atoms with van der Waals surface area (Å²) in [7, 11) is 0. The normalized spacial score (nSPS) is 18.6.